The average molecular weight is 419 g/mol. The Kier molecular flexibility index (Phi) is 7.91. The van der Waals surface area contributed by atoms with Crippen molar-refractivity contribution >= 4 is 23.4 Å². The topological polar surface area (TPSA) is 53.8 Å². The van der Waals surface area contributed by atoms with E-state index < -0.39 is 5.41 Å². The molecule has 0 saturated heterocycles. The lowest BCUT2D eigenvalue weighted by atomic mass is 9.93. The molecule has 29 heavy (non-hydrogen) atoms. The third kappa shape index (κ3) is 6.36. The van der Waals surface area contributed by atoms with E-state index in [9.17, 15) is 9.59 Å². The summed E-state index contributed by atoms with van der Waals surface area (Å²) >= 11 is 6.00. The number of aryl methyl sites for hydroxylation is 1. The summed E-state index contributed by atoms with van der Waals surface area (Å²) in [5.41, 5.74) is 0.293. The number of carbonyl (C=O) groups excluding carboxylic acids is 2. The second-order valence-corrected chi connectivity index (χ2v) is 8.56. The molecule has 6 heteroatoms. The van der Waals surface area contributed by atoms with Gasteiger partial charge in [-0.25, -0.2) is 0 Å². The van der Waals surface area contributed by atoms with Crippen molar-refractivity contribution in [2.75, 3.05) is 12.4 Å². The van der Waals surface area contributed by atoms with Crippen LogP contribution in [-0.2, 0) is 22.7 Å². The average Bonchev–Trinajstić information content (AvgIpc) is 3.10. The van der Waals surface area contributed by atoms with E-state index in [1.807, 2.05) is 63.2 Å². The molecule has 1 aromatic carbocycles. The Balaban J connectivity index is 2.23. The van der Waals surface area contributed by atoms with Gasteiger partial charge in [-0.05, 0) is 52.3 Å². The molecular weight excluding hydrogens is 388 g/mol. The summed E-state index contributed by atoms with van der Waals surface area (Å²) in [6.07, 6.45) is 0. The first-order valence-corrected chi connectivity index (χ1v) is 10.4. The lowest BCUT2D eigenvalue weighted by molar-refractivity contribution is -0.147. The van der Waals surface area contributed by atoms with E-state index in [0.717, 1.165) is 17.1 Å². The van der Waals surface area contributed by atoms with Crippen LogP contribution in [0.5, 0.6) is 0 Å². The summed E-state index contributed by atoms with van der Waals surface area (Å²) in [6.45, 7) is 10.1. The van der Waals surface area contributed by atoms with Gasteiger partial charge >= 0.3 is 0 Å². The molecule has 2 amide bonds. The first kappa shape index (κ1) is 23.0. The number of alkyl halides is 1. The molecule has 2 aromatic rings. The highest BCUT2D eigenvalue weighted by molar-refractivity contribution is 6.19. The molecule has 0 atom stereocenters. The van der Waals surface area contributed by atoms with Gasteiger partial charge in [0.15, 0.2) is 0 Å². The van der Waals surface area contributed by atoms with Crippen molar-refractivity contribution in [2.24, 2.45) is 5.41 Å². The molecule has 0 N–H and O–H groups in total. The molecular formula is C23H31ClN2O3. The summed E-state index contributed by atoms with van der Waals surface area (Å²) in [7, 11) is 0. The van der Waals surface area contributed by atoms with Crippen LogP contribution in [-0.4, -0.2) is 40.1 Å². The molecule has 0 unspecified atom stereocenters. The van der Waals surface area contributed by atoms with Crippen molar-refractivity contribution in [1.82, 2.24) is 9.80 Å². The Bertz CT molecular complexity index is 815. The molecule has 0 spiro atoms. The van der Waals surface area contributed by atoms with Crippen LogP contribution in [0, 0.1) is 12.3 Å². The quantitative estimate of drug-likeness (QED) is 0.558. The fraction of sp³-hybridized carbons (Fsp3) is 0.478. The summed E-state index contributed by atoms with van der Waals surface area (Å²) in [6, 6.07) is 13.4. The summed E-state index contributed by atoms with van der Waals surface area (Å²) in [4.78, 5) is 29.6. The van der Waals surface area contributed by atoms with Crippen LogP contribution in [0.4, 0.5) is 0 Å². The Labute approximate surface area is 178 Å². The number of hydrogen-bond acceptors (Lipinski definition) is 3. The molecule has 2 rings (SSSR count). The van der Waals surface area contributed by atoms with Gasteiger partial charge in [0.2, 0.25) is 11.8 Å². The van der Waals surface area contributed by atoms with Crippen molar-refractivity contribution in [3.8, 4) is 0 Å². The van der Waals surface area contributed by atoms with Gasteiger partial charge in [0.1, 0.15) is 18.1 Å². The van der Waals surface area contributed by atoms with E-state index >= 15 is 0 Å². The molecule has 0 aliphatic carbocycles. The lowest BCUT2D eigenvalue weighted by Crippen LogP contribution is -2.50. The fourth-order valence-electron chi connectivity index (χ4n) is 2.97. The first-order chi connectivity index (χ1) is 13.6. The Morgan fingerprint density at radius 3 is 2.24 bits per heavy atom. The number of hydrogen-bond donors (Lipinski definition) is 0. The maximum absolute atomic E-state index is 13.3. The van der Waals surface area contributed by atoms with Gasteiger partial charge in [-0.1, -0.05) is 30.3 Å². The van der Waals surface area contributed by atoms with E-state index in [2.05, 4.69) is 0 Å². The van der Waals surface area contributed by atoms with Crippen LogP contribution in [0.1, 0.15) is 44.8 Å². The van der Waals surface area contributed by atoms with E-state index in [1.54, 1.807) is 23.6 Å². The second kappa shape index (κ2) is 9.97. The summed E-state index contributed by atoms with van der Waals surface area (Å²) < 4.78 is 5.68. The molecule has 0 fully saturated rings. The zero-order valence-corrected chi connectivity index (χ0v) is 18.7. The van der Waals surface area contributed by atoms with Gasteiger partial charge in [0, 0.05) is 18.5 Å². The molecule has 0 saturated carbocycles. The maximum Gasteiger partial charge on any atom is 0.242 e. The SMILES string of the molecule is Cc1ccc(CN(Cc2ccccc2)C(=O)CN(C(=O)C(C)(C)CCl)C(C)C)o1. The highest BCUT2D eigenvalue weighted by atomic mass is 35.5. The van der Waals surface area contributed by atoms with Gasteiger partial charge in [0.05, 0.1) is 12.0 Å². The minimum absolute atomic E-state index is 0.00332. The Morgan fingerprint density at radius 2 is 1.72 bits per heavy atom. The van der Waals surface area contributed by atoms with Gasteiger partial charge in [-0.15, -0.1) is 11.6 Å². The van der Waals surface area contributed by atoms with E-state index in [4.69, 9.17) is 16.0 Å². The molecule has 0 radical (unpaired) electrons. The van der Waals surface area contributed by atoms with Crippen LogP contribution in [0.3, 0.4) is 0 Å². The fourth-order valence-corrected chi connectivity index (χ4v) is 3.09. The van der Waals surface area contributed by atoms with Gasteiger partial charge in [-0.3, -0.25) is 9.59 Å². The van der Waals surface area contributed by atoms with E-state index in [-0.39, 0.29) is 30.3 Å². The summed E-state index contributed by atoms with van der Waals surface area (Å²) in [5.74, 6) is 1.47. The number of furan rings is 1. The smallest absolute Gasteiger partial charge is 0.242 e. The van der Waals surface area contributed by atoms with Gasteiger partial charge in [0.25, 0.3) is 0 Å². The molecule has 1 heterocycles. The number of halogens is 1. The zero-order valence-electron chi connectivity index (χ0n) is 17.9. The first-order valence-electron chi connectivity index (χ1n) is 9.88. The highest BCUT2D eigenvalue weighted by Gasteiger charge is 2.34. The van der Waals surface area contributed by atoms with Gasteiger partial charge in [-0.2, -0.15) is 0 Å². The van der Waals surface area contributed by atoms with Crippen LogP contribution < -0.4 is 0 Å². The minimum Gasteiger partial charge on any atom is -0.464 e. The molecule has 1 aromatic heterocycles. The number of carbonyl (C=O) groups is 2. The molecule has 158 valence electrons. The summed E-state index contributed by atoms with van der Waals surface area (Å²) in [5, 5.41) is 0. The Hall–Kier alpha value is -2.27. The number of amides is 2. The van der Waals surface area contributed by atoms with Crippen molar-refractivity contribution in [3.63, 3.8) is 0 Å². The molecule has 0 aliphatic rings. The normalized spacial score (nSPS) is 11.6. The highest BCUT2D eigenvalue weighted by Crippen LogP contribution is 2.23. The predicted molar refractivity (Wildman–Crippen MR) is 115 cm³/mol. The second-order valence-electron chi connectivity index (χ2n) is 8.29. The third-order valence-electron chi connectivity index (χ3n) is 4.81. The van der Waals surface area contributed by atoms with Crippen LogP contribution in [0.2, 0.25) is 0 Å². The largest absolute Gasteiger partial charge is 0.464 e. The van der Waals surface area contributed by atoms with Crippen molar-refractivity contribution in [3.05, 3.63) is 59.5 Å². The monoisotopic (exact) mass is 418 g/mol. The van der Waals surface area contributed by atoms with Gasteiger partial charge < -0.3 is 14.2 Å². The lowest BCUT2D eigenvalue weighted by Gasteiger charge is -2.34. The van der Waals surface area contributed by atoms with Crippen LogP contribution in [0.15, 0.2) is 46.9 Å². The van der Waals surface area contributed by atoms with E-state index in [0.29, 0.717) is 13.1 Å². The standard InChI is InChI=1S/C23H31ClN2O3/c1-17(2)26(22(28)23(4,5)16-24)15-21(27)25(13-19-9-7-6-8-10-19)14-20-12-11-18(3)29-20/h6-12,17H,13-16H2,1-5H3. The molecule has 5 nitrogen and oxygen atoms in total. The number of nitrogens with zero attached hydrogens (tertiary/aromatic N) is 2. The van der Waals surface area contributed by atoms with Crippen molar-refractivity contribution < 1.29 is 14.0 Å². The number of benzene rings is 1. The van der Waals surface area contributed by atoms with Crippen molar-refractivity contribution in [1.29, 1.82) is 0 Å². The number of rotatable bonds is 9. The van der Waals surface area contributed by atoms with Crippen LogP contribution in [0.25, 0.3) is 0 Å². The maximum atomic E-state index is 13.3. The van der Waals surface area contributed by atoms with E-state index in [1.165, 1.54) is 0 Å². The van der Waals surface area contributed by atoms with Crippen molar-refractivity contribution in [2.45, 2.75) is 53.8 Å². The third-order valence-corrected chi connectivity index (χ3v) is 5.48. The molecule has 0 bridgehead atoms. The minimum atomic E-state index is -0.728. The predicted octanol–water partition coefficient (Wildman–Crippen LogP) is 4.62. The van der Waals surface area contributed by atoms with Crippen LogP contribution >= 0.6 is 11.6 Å². The zero-order chi connectivity index (χ0) is 21.6. The Morgan fingerprint density at radius 1 is 1.07 bits per heavy atom. The molecule has 0 aliphatic heterocycles.